The highest BCUT2D eigenvalue weighted by atomic mass is 16.5. The first kappa shape index (κ1) is 19.5. The Kier molecular flexibility index (Phi) is 8.39. The van der Waals surface area contributed by atoms with E-state index in [0.29, 0.717) is 19.0 Å². The summed E-state index contributed by atoms with van der Waals surface area (Å²) in [5, 5.41) is 6.27. The molecule has 0 aliphatic carbocycles. The summed E-state index contributed by atoms with van der Waals surface area (Å²) in [5.74, 6) is 1.37. The zero-order valence-electron chi connectivity index (χ0n) is 15.0. The van der Waals surface area contributed by atoms with E-state index in [1.54, 1.807) is 20.2 Å². The maximum absolute atomic E-state index is 11.7. The number of aliphatic imine (C=N–C) groups is 1. The molecule has 1 unspecified atom stereocenters. The number of rotatable bonds is 8. The molecule has 1 rings (SSSR count). The smallest absolute Gasteiger partial charge is 0.243 e. The maximum atomic E-state index is 11.7. The molecule has 132 valence electrons. The molecule has 6 nitrogen and oxygen atoms in total. The van der Waals surface area contributed by atoms with Crippen molar-refractivity contribution >= 4 is 11.9 Å². The van der Waals surface area contributed by atoms with E-state index >= 15 is 0 Å². The number of ether oxygens (including phenoxy) is 1. The first-order valence-corrected chi connectivity index (χ1v) is 7.99. The fraction of sp³-hybridized carbons (Fsp3) is 0.444. The van der Waals surface area contributed by atoms with E-state index in [0.717, 1.165) is 11.3 Å². The zero-order valence-corrected chi connectivity index (χ0v) is 15.0. The average Bonchev–Trinajstić information content (AvgIpc) is 2.55. The van der Waals surface area contributed by atoms with Gasteiger partial charge < -0.3 is 20.3 Å². The molecule has 1 amide bonds. The number of amides is 1. The minimum absolute atomic E-state index is 0.0496. The van der Waals surface area contributed by atoms with Crippen LogP contribution in [-0.4, -0.2) is 56.6 Å². The van der Waals surface area contributed by atoms with Crippen LogP contribution in [0, 0.1) is 6.92 Å². The van der Waals surface area contributed by atoms with Gasteiger partial charge >= 0.3 is 0 Å². The number of hydrogen-bond donors (Lipinski definition) is 2. The molecule has 0 spiro atoms. The molecule has 1 atom stereocenters. The van der Waals surface area contributed by atoms with Crippen molar-refractivity contribution < 1.29 is 9.53 Å². The molecule has 1 aromatic rings. The fourth-order valence-corrected chi connectivity index (χ4v) is 1.82. The summed E-state index contributed by atoms with van der Waals surface area (Å²) >= 11 is 0. The molecule has 2 N–H and O–H groups in total. The number of nitrogens with zero attached hydrogens (tertiary/aromatic N) is 2. The lowest BCUT2D eigenvalue weighted by Gasteiger charge is -2.19. The number of likely N-dealkylation sites (N-methyl/N-ethyl adjacent to an activating group) is 1. The Bertz CT molecular complexity index is 570. The van der Waals surface area contributed by atoms with Gasteiger partial charge in [0.05, 0.1) is 6.54 Å². The Morgan fingerprint density at radius 3 is 2.71 bits per heavy atom. The van der Waals surface area contributed by atoms with E-state index in [-0.39, 0.29) is 18.6 Å². The van der Waals surface area contributed by atoms with Gasteiger partial charge in [-0.05, 0) is 25.5 Å². The molecule has 0 saturated carbocycles. The zero-order chi connectivity index (χ0) is 17.9. The first-order valence-electron chi connectivity index (χ1n) is 7.99. The minimum atomic E-state index is -0.0566. The topological polar surface area (TPSA) is 66.0 Å². The molecule has 1 aromatic carbocycles. The van der Waals surface area contributed by atoms with E-state index < -0.39 is 0 Å². The quantitative estimate of drug-likeness (QED) is 0.431. The van der Waals surface area contributed by atoms with Gasteiger partial charge in [0.15, 0.2) is 5.96 Å². The number of para-hydroxylation sites is 1. The second-order valence-corrected chi connectivity index (χ2v) is 5.70. The van der Waals surface area contributed by atoms with E-state index in [9.17, 15) is 4.79 Å². The lowest BCUT2D eigenvalue weighted by molar-refractivity contribution is -0.127. The van der Waals surface area contributed by atoms with Crippen LogP contribution in [0.5, 0.6) is 5.75 Å². The van der Waals surface area contributed by atoms with Crippen LogP contribution in [0.2, 0.25) is 0 Å². The molecule has 0 aromatic heterocycles. The first-order chi connectivity index (χ1) is 11.4. The third kappa shape index (κ3) is 7.17. The van der Waals surface area contributed by atoms with Crippen LogP contribution in [0.3, 0.4) is 0 Å². The molecule has 24 heavy (non-hydrogen) atoms. The largest absolute Gasteiger partial charge is 0.489 e. The van der Waals surface area contributed by atoms with Crippen LogP contribution in [0.25, 0.3) is 0 Å². The predicted octanol–water partition coefficient (Wildman–Crippen LogP) is 1.57. The second-order valence-electron chi connectivity index (χ2n) is 5.70. The molecule has 6 heteroatoms. The van der Waals surface area contributed by atoms with Crippen molar-refractivity contribution in [2.24, 2.45) is 4.99 Å². The van der Waals surface area contributed by atoms with Gasteiger partial charge in [0.25, 0.3) is 0 Å². The van der Waals surface area contributed by atoms with Crippen LogP contribution in [0.15, 0.2) is 41.9 Å². The number of benzene rings is 1. The van der Waals surface area contributed by atoms with Gasteiger partial charge in [-0.1, -0.05) is 24.3 Å². The molecular formula is C18H28N4O2. The molecule has 0 heterocycles. The predicted molar refractivity (Wildman–Crippen MR) is 98.5 cm³/mol. The van der Waals surface area contributed by atoms with Gasteiger partial charge in [-0.3, -0.25) is 4.79 Å². The molecule has 0 radical (unpaired) electrons. The van der Waals surface area contributed by atoms with Crippen LogP contribution in [0.4, 0.5) is 0 Å². The van der Waals surface area contributed by atoms with Crippen molar-refractivity contribution in [3.8, 4) is 5.75 Å². The van der Waals surface area contributed by atoms with E-state index in [1.807, 2.05) is 38.1 Å². The number of guanidine groups is 1. The van der Waals surface area contributed by atoms with E-state index in [4.69, 9.17) is 4.74 Å². The highest BCUT2D eigenvalue weighted by Gasteiger charge is 2.08. The van der Waals surface area contributed by atoms with Crippen molar-refractivity contribution in [2.45, 2.75) is 20.0 Å². The van der Waals surface area contributed by atoms with Crippen molar-refractivity contribution in [1.29, 1.82) is 0 Å². The van der Waals surface area contributed by atoms with Crippen LogP contribution < -0.4 is 15.4 Å². The van der Waals surface area contributed by atoms with Crippen LogP contribution >= 0.6 is 0 Å². The van der Waals surface area contributed by atoms with Crippen molar-refractivity contribution in [2.75, 3.05) is 33.7 Å². The lowest BCUT2D eigenvalue weighted by Crippen LogP contribution is -2.42. The van der Waals surface area contributed by atoms with Gasteiger partial charge in [-0.25, -0.2) is 4.99 Å². The van der Waals surface area contributed by atoms with Gasteiger partial charge in [0.1, 0.15) is 18.4 Å². The van der Waals surface area contributed by atoms with Crippen LogP contribution in [-0.2, 0) is 4.79 Å². The molecule has 0 fully saturated rings. The third-order valence-corrected chi connectivity index (χ3v) is 3.26. The molecule has 0 saturated heterocycles. The summed E-state index contributed by atoms with van der Waals surface area (Å²) in [7, 11) is 3.42. The summed E-state index contributed by atoms with van der Waals surface area (Å²) in [6.45, 7) is 8.89. The number of aryl methyl sites for hydroxylation is 1. The number of carbonyl (C=O) groups is 1. The third-order valence-electron chi connectivity index (χ3n) is 3.26. The summed E-state index contributed by atoms with van der Waals surface area (Å²) in [4.78, 5) is 17.4. The Morgan fingerprint density at radius 2 is 2.08 bits per heavy atom. The average molecular weight is 332 g/mol. The highest BCUT2D eigenvalue weighted by Crippen LogP contribution is 2.17. The summed E-state index contributed by atoms with van der Waals surface area (Å²) in [6.07, 6.45) is 1.68. The highest BCUT2D eigenvalue weighted by molar-refractivity contribution is 5.84. The van der Waals surface area contributed by atoms with Gasteiger partial charge in [-0.15, -0.1) is 6.58 Å². The standard InChI is InChI=1S/C18H28N4O2/c1-6-11-19-18(21-13-17(23)22(4)5)20-12-15(3)24-16-10-8-7-9-14(16)2/h6-10,15H,1,11-13H2,2-5H3,(H2,19,20,21). The normalized spacial score (nSPS) is 12.2. The maximum Gasteiger partial charge on any atom is 0.243 e. The summed E-state index contributed by atoms with van der Waals surface area (Å²) in [6, 6.07) is 7.90. The lowest BCUT2D eigenvalue weighted by atomic mass is 10.2. The number of nitrogens with one attached hydrogen (secondary N) is 2. The SMILES string of the molecule is C=CCNC(=NCC(=O)N(C)C)NCC(C)Oc1ccccc1C. The fourth-order valence-electron chi connectivity index (χ4n) is 1.82. The van der Waals surface area contributed by atoms with Gasteiger partial charge in [0.2, 0.25) is 5.91 Å². The monoisotopic (exact) mass is 332 g/mol. The van der Waals surface area contributed by atoms with Crippen molar-refractivity contribution in [3.63, 3.8) is 0 Å². The van der Waals surface area contributed by atoms with Crippen molar-refractivity contribution in [1.82, 2.24) is 15.5 Å². The Labute approximate surface area is 144 Å². The Morgan fingerprint density at radius 1 is 1.38 bits per heavy atom. The number of hydrogen-bond acceptors (Lipinski definition) is 3. The van der Waals surface area contributed by atoms with Gasteiger partial charge in [0, 0.05) is 20.6 Å². The second kappa shape index (κ2) is 10.3. The van der Waals surface area contributed by atoms with Gasteiger partial charge in [-0.2, -0.15) is 0 Å². The van der Waals surface area contributed by atoms with Crippen LogP contribution in [0.1, 0.15) is 12.5 Å². The summed E-state index contributed by atoms with van der Waals surface area (Å²) < 4.78 is 5.92. The van der Waals surface area contributed by atoms with E-state index in [2.05, 4.69) is 22.2 Å². The Hall–Kier alpha value is -2.50. The molecule has 0 aliphatic rings. The molecular weight excluding hydrogens is 304 g/mol. The molecule has 0 aliphatic heterocycles. The number of carbonyl (C=O) groups excluding carboxylic acids is 1. The minimum Gasteiger partial charge on any atom is -0.489 e. The van der Waals surface area contributed by atoms with Crippen molar-refractivity contribution in [3.05, 3.63) is 42.5 Å². The van der Waals surface area contributed by atoms with E-state index in [1.165, 1.54) is 4.90 Å². The molecule has 0 bridgehead atoms. The Balaban J connectivity index is 2.56. The summed E-state index contributed by atoms with van der Waals surface area (Å²) in [5.41, 5.74) is 1.10.